The van der Waals surface area contributed by atoms with E-state index in [0.29, 0.717) is 5.92 Å². The van der Waals surface area contributed by atoms with Gasteiger partial charge in [0, 0.05) is 13.1 Å². The molecule has 1 aliphatic heterocycles. The molecule has 1 fully saturated rings. The molecule has 0 saturated carbocycles. The Balaban J connectivity index is 2.52. The number of hydrogen-bond acceptors (Lipinski definition) is 3. The van der Waals surface area contributed by atoms with Crippen molar-refractivity contribution in [3.63, 3.8) is 0 Å². The number of hydrogen-bond donors (Lipinski definition) is 2. The summed E-state index contributed by atoms with van der Waals surface area (Å²) in [5.41, 5.74) is -1.38. The van der Waals surface area contributed by atoms with E-state index in [9.17, 15) is 9.90 Å². The van der Waals surface area contributed by atoms with Crippen molar-refractivity contribution in [3.8, 4) is 0 Å². The molecule has 1 heterocycles. The van der Waals surface area contributed by atoms with E-state index in [1.54, 1.807) is 0 Å². The number of likely N-dealkylation sites (tertiary alicyclic amines) is 1. The van der Waals surface area contributed by atoms with Crippen LogP contribution in [0.2, 0.25) is 0 Å². The lowest BCUT2D eigenvalue weighted by atomic mass is 9.80. The molecule has 16 heavy (non-hydrogen) atoms. The van der Waals surface area contributed by atoms with E-state index in [1.807, 2.05) is 4.90 Å². The Kier molecular flexibility index (Phi) is 3.65. The van der Waals surface area contributed by atoms with Crippen LogP contribution in [0.4, 0.5) is 0 Å². The molecule has 2 N–H and O–H groups in total. The summed E-state index contributed by atoms with van der Waals surface area (Å²) in [7, 11) is 0. The number of nitrogens with zero attached hydrogens (tertiary/aromatic N) is 1. The van der Waals surface area contributed by atoms with Gasteiger partial charge in [-0.05, 0) is 31.2 Å². The number of β-amino-alcohol motifs (C(OH)–C–C–N with tert-alkyl or cyclic N) is 1. The molecule has 0 amide bonds. The summed E-state index contributed by atoms with van der Waals surface area (Å²) in [4.78, 5) is 12.9. The summed E-state index contributed by atoms with van der Waals surface area (Å²) in [5, 5.41) is 18.6. The summed E-state index contributed by atoms with van der Waals surface area (Å²) in [6.45, 7) is 9.95. The average molecular weight is 229 g/mol. The Morgan fingerprint density at radius 1 is 1.38 bits per heavy atom. The molecular weight excluding hydrogens is 206 g/mol. The summed E-state index contributed by atoms with van der Waals surface area (Å²) < 4.78 is 0. The highest BCUT2D eigenvalue weighted by Gasteiger charge is 2.37. The van der Waals surface area contributed by atoms with Crippen LogP contribution < -0.4 is 0 Å². The van der Waals surface area contributed by atoms with E-state index in [4.69, 9.17) is 5.11 Å². The van der Waals surface area contributed by atoms with Crippen molar-refractivity contribution in [1.29, 1.82) is 0 Å². The first-order chi connectivity index (χ1) is 7.13. The summed E-state index contributed by atoms with van der Waals surface area (Å²) in [6, 6.07) is 0. The molecule has 1 aliphatic rings. The zero-order valence-electron chi connectivity index (χ0n) is 10.7. The van der Waals surface area contributed by atoms with Crippen LogP contribution in [-0.2, 0) is 4.79 Å². The van der Waals surface area contributed by atoms with Crippen LogP contribution in [-0.4, -0.2) is 46.3 Å². The zero-order valence-corrected chi connectivity index (χ0v) is 10.7. The first kappa shape index (κ1) is 13.5. The molecule has 1 saturated heterocycles. The number of aliphatic carboxylic acids is 1. The predicted molar refractivity (Wildman–Crippen MR) is 62.3 cm³/mol. The van der Waals surface area contributed by atoms with Crippen molar-refractivity contribution in [2.75, 3.05) is 19.6 Å². The molecule has 0 aromatic carbocycles. The molecule has 0 radical (unpaired) electrons. The molecule has 4 heteroatoms. The minimum atomic E-state index is -1.63. The topological polar surface area (TPSA) is 60.8 Å². The minimum absolute atomic E-state index is 0.217. The van der Waals surface area contributed by atoms with Crippen molar-refractivity contribution in [2.45, 2.75) is 39.7 Å². The highest BCUT2D eigenvalue weighted by Crippen LogP contribution is 2.33. The largest absolute Gasteiger partial charge is 0.479 e. The molecule has 4 nitrogen and oxygen atoms in total. The second kappa shape index (κ2) is 4.34. The number of carbonyl (C=O) groups is 1. The normalized spacial score (nSPS) is 26.7. The minimum Gasteiger partial charge on any atom is -0.479 e. The Bertz CT molecular complexity index is 268. The fourth-order valence-corrected chi connectivity index (χ4v) is 2.19. The van der Waals surface area contributed by atoms with Crippen molar-refractivity contribution < 1.29 is 15.0 Å². The van der Waals surface area contributed by atoms with Gasteiger partial charge in [0.15, 0.2) is 5.60 Å². The van der Waals surface area contributed by atoms with Crippen LogP contribution in [0.3, 0.4) is 0 Å². The lowest BCUT2D eigenvalue weighted by Gasteiger charge is -2.29. The van der Waals surface area contributed by atoms with Crippen molar-refractivity contribution in [3.05, 3.63) is 0 Å². The van der Waals surface area contributed by atoms with Crippen LogP contribution >= 0.6 is 0 Å². The lowest BCUT2D eigenvalue weighted by molar-refractivity contribution is -0.158. The van der Waals surface area contributed by atoms with Crippen LogP contribution in [0.15, 0.2) is 0 Å². The van der Waals surface area contributed by atoms with Crippen LogP contribution in [0.25, 0.3) is 0 Å². The Morgan fingerprint density at radius 2 is 1.94 bits per heavy atom. The van der Waals surface area contributed by atoms with E-state index in [1.165, 1.54) is 6.92 Å². The van der Waals surface area contributed by atoms with Gasteiger partial charge in [-0.2, -0.15) is 0 Å². The highest BCUT2D eigenvalue weighted by molar-refractivity contribution is 5.76. The third kappa shape index (κ3) is 3.19. The smallest absolute Gasteiger partial charge is 0.336 e. The lowest BCUT2D eigenvalue weighted by Crippen LogP contribution is -2.46. The summed E-state index contributed by atoms with van der Waals surface area (Å²) >= 11 is 0. The third-order valence-electron chi connectivity index (χ3n) is 3.49. The van der Waals surface area contributed by atoms with Gasteiger partial charge in [0.25, 0.3) is 0 Å². The quantitative estimate of drug-likeness (QED) is 0.763. The van der Waals surface area contributed by atoms with Gasteiger partial charge < -0.3 is 10.2 Å². The Morgan fingerprint density at radius 3 is 2.31 bits per heavy atom. The fourth-order valence-electron chi connectivity index (χ4n) is 2.19. The zero-order chi connectivity index (χ0) is 12.6. The van der Waals surface area contributed by atoms with Crippen LogP contribution in [0, 0.1) is 11.3 Å². The SMILES string of the molecule is CC(O)(CN1CCC(C(C)(C)C)C1)C(=O)O. The van der Waals surface area contributed by atoms with Gasteiger partial charge in [-0.15, -0.1) is 0 Å². The molecule has 1 rings (SSSR count). The Hall–Kier alpha value is -0.610. The van der Waals surface area contributed by atoms with Gasteiger partial charge in [-0.3, -0.25) is 4.90 Å². The summed E-state index contributed by atoms with van der Waals surface area (Å²) in [6.07, 6.45) is 1.08. The van der Waals surface area contributed by atoms with Crippen LogP contribution in [0.5, 0.6) is 0 Å². The van der Waals surface area contributed by atoms with Crippen LogP contribution in [0.1, 0.15) is 34.1 Å². The molecule has 0 bridgehead atoms. The van der Waals surface area contributed by atoms with Gasteiger partial charge >= 0.3 is 5.97 Å². The van der Waals surface area contributed by atoms with Gasteiger partial charge in [0.2, 0.25) is 0 Å². The van der Waals surface area contributed by atoms with E-state index in [2.05, 4.69) is 20.8 Å². The fraction of sp³-hybridized carbons (Fsp3) is 0.917. The number of aliphatic hydroxyl groups is 1. The highest BCUT2D eigenvalue weighted by atomic mass is 16.4. The van der Waals surface area contributed by atoms with Crippen molar-refractivity contribution in [2.24, 2.45) is 11.3 Å². The first-order valence-electron chi connectivity index (χ1n) is 5.81. The van der Waals surface area contributed by atoms with Gasteiger partial charge in [-0.25, -0.2) is 4.79 Å². The monoisotopic (exact) mass is 229 g/mol. The van der Waals surface area contributed by atoms with Crippen molar-refractivity contribution in [1.82, 2.24) is 4.90 Å². The van der Waals surface area contributed by atoms with E-state index >= 15 is 0 Å². The molecular formula is C12H23NO3. The maximum atomic E-state index is 10.8. The molecule has 2 unspecified atom stereocenters. The van der Waals surface area contributed by atoms with E-state index in [-0.39, 0.29) is 12.0 Å². The molecule has 0 aliphatic carbocycles. The summed E-state index contributed by atoms with van der Waals surface area (Å²) in [5.74, 6) is -0.566. The molecule has 0 aromatic heterocycles. The van der Waals surface area contributed by atoms with Gasteiger partial charge in [-0.1, -0.05) is 20.8 Å². The number of carboxylic acids is 1. The van der Waals surface area contributed by atoms with Crippen molar-refractivity contribution >= 4 is 5.97 Å². The molecule has 0 aromatic rings. The van der Waals surface area contributed by atoms with Gasteiger partial charge in [0.05, 0.1) is 0 Å². The number of rotatable bonds is 3. The third-order valence-corrected chi connectivity index (χ3v) is 3.49. The Labute approximate surface area is 97.3 Å². The number of carboxylic acid groups (broad SMARTS) is 1. The van der Waals surface area contributed by atoms with E-state index in [0.717, 1.165) is 19.5 Å². The molecule has 94 valence electrons. The maximum Gasteiger partial charge on any atom is 0.336 e. The van der Waals surface area contributed by atoms with E-state index < -0.39 is 11.6 Å². The van der Waals surface area contributed by atoms with Gasteiger partial charge in [0.1, 0.15) is 0 Å². The second-order valence-corrected chi connectivity index (χ2v) is 6.17. The average Bonchev–Trinajstić information content (AvgIpc) is 2.50. The molecule has 0 spiro atoms. The molecule has 2 atom stereocenters. The maximum absolute atomic E-state index is 10.8. The second-order valence-electron chi connectivity index (χ2n) is 6.17. The first-order valence-corrected chi connectivity index (χ1v) is 5.81. The predicted octanol–water partition coefficient (Wildman–Crippen LogP) is 1.19. The standard InChI is InChI=1S/C12H23NO3/c1-11(2,3)9-5-6-13(7-9)8-12(4,16)10(14)15/h9,16H,5-8H2,1-4H3,(H,14,15).